The zero-order valence-electron chi connectivity index (χ0n) is 21.6. The topological polar surface area (TPSA) is 49.3 Å². The molecule has 2 aromatic carbocycles. The summed E-state index contributed by atoms with van der Waals surface area (Å²) in [4.78, 5) is 26.3. The molecule has 0 bridgehead atoms. The summed E-state index contributed by atoms with van der Waals surface area (Å²) in [7, 11) is 0. The Morgan fingerprint density at radius 1 is 0.973 bits per heavy atom. The van der Waals surface area contributed by atoms with Gasteiger partial charge >= 0.3 is 6.18 Å². The van der Waals surface area contributed by atoms with Crippen LogP contribution in [0.3, 0.4) is 0 Å². The van der Waals surface area contributed by atoms with Gasteiger partial charge in [0.1, 0.15) is 5.82 Å². The maximum absolute atomic E-state index is 13.3. The number of hydrogen-bond acceptors (Lipinski definition) is 4. The fraction of sp³-hybridized carbons (Fsp3) is 0.414. The van der Waals surface area contributed by atoms with Crippen LogP contribution in [0.5, 0.6) is 0 Å². The van der Waals surface area contributed by atoms with E-state index in [0.29, 0.717) is 43.7 Å². The van der Waals surface area contributed by atoms with Crippen LogP contribution in [-0.2, 0) is 19.0 Å². The van der Waals surface area contributed by atoms with Crippen LogP contribution in [0.1, 0.15) is 59.4 Å². The number of benzene rings is 2. The van der Waals surface area contributed by atoms with Gasteiger partial charge in [-0.2, -0.15) is 13.2 Å². The van der Waals surface area contributed by atoms with E-state index in [1.165, 1.54) is 11.6 Å². The zero-order valence-corrected chi connectivity index (χ0v) is 21.6. The lowest BCUT2D eigenvalue weighted by Gasteiger charge is -2.36. The van der Waals surface area contributed by atoms with E-state index in [1.54, 1.807) is 6.07 Å². The second-order valence-electron chi connectivity index (χ2n) is 9.45. The van der Waals surface area contributed by atoms with Crippen molar-refractivity contribution >= 4 is 11.7 Å². The van der Waals surface area contributed by atoms with Crippen molar-refractivity contribution in [2.75, 3.05) is 31.1 Å². The Balaban J connectivity index is 1.51. The highest BCUT2D eigenvalue weighted by atomic mass is 19.4. The monoisotopic (exact) mass is 510 g/mol. The number of aromatic nitrogens is 2. The van der Waals surface area contributed by atoms with E-state index in [4.69, 9.17) is 4.98 Å². The van der Waals surface area contributed by atoms with Crippen LogP contribution in [0, 0.1) is 6.92 Å². The van der Waals surface area contributed by atoms with Crippen LogP contribution in [0.4, 0.5) is 19.0 Å². The van der Waals surface area contributed by atoms with Gasteiger partial charge in [-0.3, -0.25) is 4.79 Å². The predicted molar refractivity (Wildman–Crippen MR) is 140 cm³/mol. The molecular weight excluding hydrogens is 477 g/mol. The Morgan fingerprint density at radius 3 is 2.30 bits per heavy atom. The van der Waals surface area contributed by atoms with Gasteiger partial charge in [0.2, 0.25) is 0 Å². The predicted octanol–water partition coefficient (Wildman–Crippen LogP) is 6.34. The maximum Gasteiger partial charge on any atom is 0.416 e. The second-order valence-corrected chi connectivity index (χ2v) is 9.45. The van der Waals surface area contributed by atoms with Crippen LogP contribution in [0.2, 0.25) is 0 Å². The molecule has 0 spiro atoms. The number of aryl methyl sites for hydroxylation is 2. The Bertz CT molecular complexity index is 1230. The van der Waals surface area contributed by atoms with Gasteiger partial charge in [0.25, 0.3) is 5.91 Å². The Labute approximate surface area is 216 Å². The molecule has 0 N–H and O–H groups in total. The number of nitrogens with zero attached hydrogens (tertiary/aromatic N) is 4. The fourth-order valence-electron chi connectivity index (χ4n) is 4.72. The van der Waals surface area contributed by atoms with Gasteiger partial charge < -0.3 is 9.80 Å². The third kappa shape index (κ3) is 6.12. The Morgan fingerprint density at radius 2 is 1.68 bits per heavy atom. The highest BCUT2D eigenvalue weighted by Gasteiger charge is 2.31. The minimum atomic E-state index is -4.43. The van der Waals surface area contributed by atoms with E-state index in [0.717, 1.165) is 48.5 Å². The first-order chi connectivity index (χ1) is 17.7. The molecule has 196 valence electrons. The Hall–Kier alpha value is -3.42. The van der Waals surface area contributed by atoms with Crippen LogP contribution in [0.25, 0.3) is 11.4 Å². The molecule has 1 amide bonds. The molecule has 0 unspecified atom stereocenters. The third-order valence-electron chi connectivity index (χ3n) is 6.88. The number of rotatable bonds is 7. The Kier molecular flexibility index (Phi) is 8.15. The molecule has 3 aromatic rings. The van der Waals surface area contributed by atoms with Gasteiger partial charge in [0.05, 0.1) is 5.56 Å². The van der Waals surface area contributed by atoms with Crippen molar-refractivity contribution in [2.45, 2.75) is 52.6 Å². The van der Waals surface area contributed by atoms with E-state index in [1.807, 2.05) is 43.0 Å². The minimum Gasteiger partial charge on any atom is -0.353 e. The molecule has 5 nitrogen and oxygen atoms in total. The standard InChI is InChI=1S/C29H33F3N4O/c1-4-6-8-21-11-13-22(14-12-21)28(37)36-17-15-35(16-18-36)27-25(5-2)20(3)33-26(34-27)23-9-7-10-24(19-23)29(30,31)32/h7,9-14,19H,4-6,8,15-18H2,1-3H3. The van der Waals surface area contributed by atoms with E-state index in [9.17, 15) is 18.0 Å². The van der Waals surface area contributed by atoms with Gasteiger partial charge in [-0.15, -0.1) is 0 Å². The summed E-state index contributed by atoms with van der Waals surface area (Å²) >= 11 is 0. The molecule has 37 heavy (non-hydrogen) atoms. The van der Waals surface area contributed by atoms with Crippen molar-refractivity contribution < 1.29 is 18.0 Å². The zero-order chi connectivity index (χ0) is 26.6. The first kappa shape index (κ1) is 26.6. The number of carbonyl (C=O) groups excluding carboxylic acids is 1. The van der Waals surface area contributed by atoms with Gasteiger partial charge in [-0.05, 0) is 56.0 Å². The van der Waals surface area contributed by atoms with Crippen molar-refractivity contribution in [3.63, 3.8) is 0 Å². The molecule has 0 saturated carbocycles. The van der Waals surface area contributed by atoms with E-state index >= 15 is 0 Å². The molecule has 1 aromatic heterocycles. The van der Waals surface area contributed by atoms with Crippen molar-refractivity contribution in [1.29, 1.82) is 0 Å². The molecule has 0 aliphatic carbocycles. The summed E-state index contributed by atoms with van der Waals surface area (Å²) in [6.45, 7) is 8.31. The summed E-state index contributed by atoms with van der Waals surface area (Å²) in [5.74, 6) is 1.02. The summed E-state index contributed by atoms with van der Waals surface area (Å²) in [6.07, 6.45) is -0.446. The molecule has 2 heterocycles. The van der Waals surface area contributed by atoms with Gasteiger partial charge in [0.15, 0.2) is 5.82 Å². The normalized spacial score (nSPS) is 14.2. The minimum absolute atomic E-state index is 0.0147. The highest BCUT2D eigenvalue weighted by molar-refractivity contribution is 5.94. The number of halogens is 3. The average Bonchev–Trinajstić information content (AvgIpc) is 2.91. The highest BCUT2D eigenvalue weighted by Crippen LogP contribution is 2.33. The van der Waals surface area contributed by atoms with E-state index < -0.39 is 11.7 Å². The number of anilines is 1. The molecule has 1 saturated heterocycles. The largest absolute Gasteiger partial charge is 0.416 e. The van der Waals surface area contributed by atoms with Gasteiger partial charge in [-0.1, -0.05) is 44.5 Å². The van der Waals surface area contributed by atoms with Crippen molar-refractivity contribution in [3.8, 4) is 11.4 Å². The first-order valence-corrected chi connectivity index (χ1v) is 12.9. The number of carbonyl (C=O) groups is 1. The second kappa shape index (κ2) is 11.3. The smallest absolute Gasteiger partial charge is 0.353 e. The molecule has 0 radical (unpaired) electrons. The molecule has 0 atom stereocenters. The maximum atomic E-state index is 13.3. The van der Waals surface area contributed by atoms with Crippen LogP contribution in [-0.4, -0.2) is 47.0 Å². The van der Waals surface area contributed by atoms with Gasteiger partial charge in [-0.25, -0.2) is 9.97 Å². The number of unbranched alkanes of at least 4 members (excludes halogenated alkanes) is 1. The fourth-order valence-corrected chi connectivity index (χ4v) is 4.72. The quantitative estimate of drug-likeness (QED) is 0.372. The SMILES string of the molecule is CCCCc1ccc(C(=O)N2CCN(c3nc(-c4cccc(C(F)(F)F)c4)nc(C)c3CC)CC2)cc1. The molecule has 4 rings (SSSR count). The molecule has 1 aliphatic heterocycles. The van der Waals surface area contributed by atoms with E-state index in [2.05, 4.69) is 16.8 Å². The van der Waals surface area contributed by atoms with E-state index in [-0.39, 0.29) is 11.7 Å². The van der Waals surface area contributed by atoms with Crippen LogP contribution >= 0.6 is 0 Å². The number of alkyl halides is 3. The summed E-state index contributed by atoms with van der Waals surface area (Å²) in [6, 6.07) is 13.0. The van der Waals surface area contributed by atoms with Crippen molar-refractivity contribution in [1.82, 2.24) is 14.9 Å². The molecule has 8 heteroatoms. The molecule has 1 aliphatic rings. The van der Waals surface area contributed by atoms with Crippen LogP contribution in [0.15, 0.2) is 48.5 Å². The van der Waals surface area contributed by atoms with Crippen LogP contribution < -0.4 is 4.90 Å². The lowest BCUT2D eigenvalue weighted by molar-refractivity contribution is -0.137. The summed E-state index contributed by atoms with van der Waals surface area (Å²) < 4.78 is 39.8. The lowest BCUT2D eigenvalue weighted by Crippen LogP contribution is -2.49. The molecule has 1 fully saturated rings. The van der Waals surface area contributed by atoms with Gasteiger partial charge in [0, 0.05) is 48.6 Å². The lowest BCUT2D eigenvalue weighted by atomic mass is 10.1. The number of hydrogen-bond donors (Lipinski definition) is 0. The van der Waals surface area contributed by atoms with Crippen molar-refractivity contribution in [3.05, 3.63) is 76.5 Å². The van der Waals surface area contributed by atoms with Crippen molar-refractivity contribution in [2.24, 2.45) is 0 Å². The first-order valence-electron chi connectivity index (χ1n) is 12.9. The molecular formula is C29H33F3N4O. The summed E-state index contributed by atoms with van der Waals surface area (Å²) in [5, 5.41) is 0. The number of piperazine rings is 1. The number of amides is 1. The third-order valence-corrected chi connectivity index (χ3v) is 6.88. The summed E-state index contributed by atoms with van der Waals surface area (Å²) in [5.41, 5.74) is 3.26. The average molecular weight is 511 g/mol.